The molecule has 1 saturated carbocycles. The van der Waals surface area contributed by atoms with Gasteiger partial charge in [0, 0.05) is 25.5 Å². The van der Waals surface area contributed by atoms with Crippen LogP contribution < -0.4 is 11.1 Å². The number of nitrogens with one attached hydrogen (secondary N) is 1. The average Bonchev–Trinajstić information content (AvgIpc) is 2.87. The molecule has 1 aromatic carbocycles. The van der Waals surface area contributed by atoms with Gasteiger partial charge in [0.2, 0.25) is 0 Å². The molecule has 0 radical (unpaired) electrons. The van der Waals surface area contributed by atoms with Crippen molar-refractivity contribution in [3.63, 3.8) is 0 Å². The SMILES string of the molecule is CN(C)C(=O)c1ccc(N)cc1NC1(CO)CCCC1. The lowest BCUT2D eigenvalue weighted by Crippen LogP contribution is -2.39. The van der Waals surface area contributed by atoms with E-state index in [0.717, 1.165) is 25.7 Å². The smallest absolute Gasteiger partial charge is 0.255 e. The highest BCUT2D eigenvalue weighted by Crippen LogP contribution is 2.34. The number of hydrogen-bond acceptors (Lipinski definition) is 4. The van der Waals surface area contributed by atoms with Crippen molar-refractivity contribution < 1.29 is 9.90 Å². The van der Waals surface area contributed by atoms with Crippen molar-refractivity contribution in [2.24, 2.45) is 0 Å². The van der Waals surface area contributed by atoms with Gasteiger partial charge in [-0.2, -0.15) is 0 Å². The van der Waals surface area contributed by atoms with Crippen LogP contribution in [0.3, 0.4) is 0 Å². The van der Waals surface area contributed by atoms with Crippen LogP contribution in [0.1, 0.15) is 36.0 Å². The third kappa shape index (κ3) is 2.88. The zero-order valence-electron chi connectivity index (χ0n) is 12.1. The van der Waals surface area contributed by atoms with Crippen molar-refractivity contribution in [2.45, 2.75) is 31.2 Å². The van der Waals surface area contributed by atoms with E-state index in [1.807, 2.05) is 0 Å². The second-order valence-electron chi connectivity index (χ2n) is 5.78. The third-order valence-corrected chi connectivity index (χ3v) is 3.94. The summed E-state index contributed by atoms with van der Waals surface area (Å²) in [6, 6.07) is 5.23. The zero-order chi connectivity index (χ0) is 14.8. The second kappa shape index (κ2) is 5.71. The Balaban J connectivity index is 2.34. The molecule has 0 aromatic heterocycles. The molecule has 5 heteroatoms. The molecule has 0 unspecified atom stereocenters. The molecular weight excluding hydrogens is 254 g/mol. The van der Waals surface area contributed by atoms with E-state index in [0.29, 0.717) is 16.9 Å². The van der Waals surface area contributed by atoms with E-state index >= 15 is 0 Å². The van der Waals surface area contributed by atoms with E-state index in [4.69, 9.17) is 5.73 Å². The molecule has 1 amide bonds. The van der Waals surface area contributed by atoms with Crippen LogP contribution in [-0.2, 0) is 0 Å². The molecule has 0 spiro atoms. The molecular formula is C15H23N3O2. The quantitative estimate of drug-likeness (QED) is 0.732. The summed E-state index contributed by atoms with van der Waals surface area (Å²) in [5.74, 6) is -0.0708. The van der Waals surface area contributed by atoms with Gasteiger partial charge in [-0.15, -0.1) is 0 Å². The van der Waals surface area contributed by atoms with E-state index in [9.17, 15) is 9.90 Å². The van der Waals surface area contributed by atoms with Crippen LogP contribution in [-0.4, -0.2) is 42.2 Å². The second-order valence-corrected chi connectivity index (χ2v) is 5.78. The van der Waals surface area contributed by atoms with Crippen molar-refractivity contribution in [3.8, 4) is 0 Å². The predicted molar refractivity (Wildman–Crippen MR) is 80.8 cm³/mol. The van der Waals surface area contributed by atoms with E-state index in [1.165, 1.54) is 4.90 Å². The summed E-state index contributed by atoms with van der Waals surface area (Å²) in [5.41, 5.74) is 7.41. The summed E-state index contributed by atoms with van der Waals surface area (Å²) in [5, 5.41) is 13.1. The molecule has 1 fully saturated rings. The van der Waals surface area contributed by atoms with Crippen LogP contribution in [0, 0.1) is 0 Å². The number of aliphatic hydroxyl groups is 1. The Hall–Kier alpha value is -1.75. The molecule has 0 atom stereocenters. The van der Waals surface area contributed by atoms with Crippen LogP contribution >= 0.6 is 0 Å². The molecule has 4 N–H and O–H groups in total. The molecule has 110 valence electrons. The Morgan fingerprint density at radius 3 is 2.60 bits per heavy atom. The van der Waals surface area contributed by atoms with Gasteiger partial charge >= 0.3 is 0 Å². The number of amides is 1. The number of carbonyl (C=O) groups excluding carboxylic acids is 1. The number of rotatable bonds is 4. The van der Waals surface area contributed by atoms with Gasteiger partial charge < -0.3 is 21.1 Å². The number of hydrogen-bond donors (Lipinski definition) is 3. The summed E-state index contributed by atoms with van der Waals surface area (Å²) in [7, 11) is 3.44. The minimum Gasteiger partial charge on any atom is -0.399 e. The molecule has 2 rings (SSSR count). The lowest BCUT2D eigenvalue weighted by atomic mass is 9.97. The summed E-state index contributed by atoms with van der Waals surface area (Å²) in [6.45, 7) is 0.0669. The largest absolute Gasteiger partial charge is 0.399 e. The molecule has 0 aliphatic heterocycles. The Morgan fingerprint density at radius 1 is 1.40 bits per heavy atom. The van der Waals surface area contributed by atoms with E-state index in [2.05, 4.69) is 5.32 Å². The average molecular weight is 277 g/mol. The van der Waals surface area contributed by atoms with Crippen LogP contribution in [0.15, 0.2) is 18.2 Å². The molecule has 1 aromatic rings. The van der Waals surface area contributed by atoms with E-state index < -0.39 is 0 Å². The minimum atomic E-state index is -0.324. The maximum atomic E-state index is 12.2. The lowest BCUT2D eigenvalue weighted by molar-refractivity contribution is 0.0828. The Kier molecular flexibility index (Phi) is 4.18. The standard InChI is InChI=1S/C15H23N3O2/c1-18(2)14(20)12-6-5-11(16)9-13(12)17-15(10-19)7-3-4-8-15/h5-6,9,17,19H,3-4,7-8,10,16H2,1-2H3. The monoisotopic (exact) mass is 277 g/mol. The fourth-order valence-corrected chi connectivity index (χ4v) is 2.75. The molecule has 0 saturated heterocycles. The van der Waals surface area contributed by atoms with Crippen molar-refractivity contribution in [1.82, 2.24) is 4.90 Å². The highest BCUT2D eigenvalue weighted by atomic mass is 16.3. The van der Waals surface area contributed by atoms with Gasteiger partial charge in [-0.05, 0) is 31.0 Å². The van der Waals surface area contributed by atoms with Gasteiger partial charge in [-0.25, -0.2) is 0 Å². The van der Waals surface area contributed by atoms with E-state index in [-0.39, 0.29) is 18.1 Å². The van der Waals surface area contributed by atoms with Gasteiger partial charge in [0.25, 0.3) is 5.91 Å². The van der Waals surface area contributed by atoms with Gasteiger partial charge in [-0.3, -0.25) is 4.79 Å². The van der Waals surface area contributed by atoms with Crippen molar-refractivity contribution in [2.75, 3.05) is 31.8 Å². The number of anilines is 2. The first kappa shape index (κ1) is 14.7. The first-order chi connectivity index (χ1) is 9.47. The Labute approximate surface area is 119 Å². The normalized spacial score (nSPS) is 16.9. The van der Waals surface area contributed by atoms with Crippen molar-refractivity contribution in [1.29, 1.82) is 0 Å². The highest BCUT2D eigenvalue weighted by Gasteiger charge is 2.34. The number of nitrogens with zero attached hydrogens (tertiary/aromatic N) is 1. The van der Waals surface area contributed by atoms with Crippen LogP contribution in [0.5, 0.6) is 0 Å². The molecule has 0 bridgehead atoms. The van der Waals surface area contributed by atoms with Crippen LogP contribution in [0.25, 0.3) is 0 Å². The summed E-state index contributed by atoms with van der Waals surface area (Å²) < 4.78 is 0. The molecule has 0 heterocycles. The molecule has 5 nitrogen and oxygen atoms in total. The Morgan fingerprint density at radius 2 is 2.05 bits per heavy atom. The van der Waals surface area contributed by atoms with Crippen molar-refractivity contribution in [3.05, 3.63) is 23.8 Å². The lowest BCUT2D eigenvalue weighted by Gasteiger charge is -2.30. The van der Waals surface area contributed by atoms with Gasteiger partial charge in [0.05, 0.1) is 17.7 Å². The molecule has 1 aliphatic carbocycles. The summed E-state index contributed by atoms with van der Waals surface area (Å²) >= 11 is 0. The van der Waals surface area contributed by atoms with Crippen molar-refractivity contribution >= 4 is 17.3 Å². The fourth-order valence-electron chi connectivity index (χ4n) is 2.75. The van der Waals surface area contributed by atoms with Crippen LogP contribution in [0.4, 0.5) is 11.4 Å². The first-order valence-corrected chi connectivity index (χ1v) is 6.98. The maximum Gasteiger partial charge on any atom is 0.255 e. The predicted octanol–water partition coefficient (Wildman–Crippen LogP) is 1.69. The van der Waals surface area contributed by atoms with E-state index in [1.54, 1.807) is 32.3 Å². The number of benzene rings is 1. The number of aliphatic hydroxyl groups excluding tert-OH is 1. The van der Waals surface area contributed by atoms with Gasteiger partial charge in [0.1, 0.15) is 0 Å². The Bertz CT molecular complexity index is 494. The summed E-state index contributed by atoms with van der Waals surface area (Å²) in [4.78, 5) is 13.8. The first-order valence-electron chi connectivity index (χ1n) is 6.98. The zero-order valence-corrected chi connectivity index (χ0v) is 12.1. The minimum absolute atomic E-state index is 0.0669. The number of nitrogens with two attached hydrogens (primary N) is 1. The summed E-state index contributed by atoms with van der Waals surface area (Å²) in [6.07, 6.45) is 4.00. The van der Waals surface area contributed by atoms with Crippen LogP contribution in [0.2, 0.25) is 0 Å². The van der Waals surface area contributed by atoms with Gasteiger partial charge in [0.15, 0.2) is 0 Å². The topological polar surface area (TPSA) is 78.6 Å². The third-order valence-electron chi connectivity index (χ3n) is 3.94. The number of nitrogen functional groups attached to an aromatic ring is 1. The van der Waals surface area contributed by atoms with Gasteiger partial charge in [-0.1, -0.05) is 12.8 Å². The maximum absolute atomic E-state index is 12.2. The highest BCUT2D eigenvalue weighted by molar-refractivity contribution is 6.00. The molecule has 20 heavy (non-hydrogen) atoms. The number of carbonyl (C=O) groups is 1. The fraction of sp³-hybridized carbons (Fsp3) is 0.533. The molecule has 1 aliphatic rings.